The summed E-state index contributed by atoms with van der Waals surface area (Å²) in [6, 6.07) is 0. The number of esters is 2. The van der Waals surface area contributed by atoms with Crippen LogP contribution in [-0.2, 0) is 23.9 Å². The number of unbranched alkanes of at least 4 members (excludes halogenated alkanes) is 34. The van der Waals surface area contributed by atoms with Crippen LogP contribution >= 0.6 is 0 Å². The summed E-state index contributed by atoms with van der Waals surface area (Å²) in [7, 11) is 0. The molecular weight excluding hydrogens is 685 g/mol. The van der Waals surface area contributed by atoms with Gasteiger partial charge in [-0.05, 0) is 19.3 Å². The summed E-state index contributed by atoms with van der Waals surface area (Å²) in [6.07, 6.45) is 47.5. The molecule has 1 N–H and O–H groups in total. The molecule has 6 heteroatoms. The lowest BCUT2D eigenvalue weighted by Crippen LogP contribution is -2.33. The van der Waals surface area contributed by atoms with Crippen LogP contribution in [0.1, 0.15) is 271 Å². The van der Waals surface area contributed by atoms with E-state index in [1.54, 1.807) is 0 Å². The third-order valence-corrected chi connectivity index (χ3v) is 11.6. The highest BCUT2D eigenvalue weighted by Gasteiger charge is 2.36. The normalized spacial score (nSPS) is 12.5. The summed E-state index contributed by atoms with van der Waals surface area (Å²) in [5.74, 6) is -4.05. The summed E-state index contributed by atoms with van der Waals surface area (Å²) in [5, 5.41) is 9.86. The van der Waals surface area contributed by atoms with Gasteiger partial charge < -0.3 is 14.6 Å². The van der Waals surface area contributed by atoms with E-state index in [4.69, 9.17) is 9.47 Å². The van der Waals surface area contributed by atoms with Gasteiger partial charge in [0.1, 0.15) is 0 Å². The van der Waals surface area contributed by atoms with Gasteiger partial charge in [-0.25, -0.2) is 0 Å². The average molecular weight is 779 g/mol. The van der Waals surface area contributed by atoms with Gasteiger partial charge in [0, 0.05) is 0 Å². The molecule has 0 radical (unpaired) electrons. The van der Waals surface area contributed by atoms with Gasteiger partial charge in [-0.1, -0.05) is 245 Å². The van der Waals surface area contributed by atoms with Crippen molar-refractivity contribution in [3.63, 3.8) is 0 Å². The van der Waals surface area contributed by atoms with Crippen molar-refractivity contribution >= 4 is 17.9 Å². The molecule has 0 heterocycles. The third kappa shape index (κ3) is 37.7. The fraction of sp³-hybridized carbons (Fsp3) is 0.939. The van der Waals surface area contributed by atoms with Crippen LogP contribution in [0.4, 0.5) is 0 Å². The maximum Gasteiger partial charge on any atom is 0.310 e. The molecule has 326 valence electrons. The van der Waals surface area contributed by atoms with Crippen LogP contribution in [0.5, 0.6) is 0 Å². The Morgan fingerprint density at radius 3 is 0.909 bits per heavy atom. The molecule has 0 aromatic rings. The first-order valence-corrected chi connectivity index (χ1v) is 24.5. The number of hydrogen-bond acceptors (Lipinski definition) is 5. The third-order valence-electron chi connectivity index (χ3n) is 11.6. The van der Waals surface area contributed by atoms with E-state index in [2.05, 4.69) is 13.8 Å². The predicted molar refractivity (Wildman–Crippen MR) is 234 cm³/mol. The number of carbonyl (C=O) groups excluding carboxylic acids is 2. The molecule has 2 unspecified atom stereocenters. The first-order chi connectivity index (χ1) is 27.0. The van der Waals surface area contributed by atoms with Crippen molar-refractivity contribution in [1.82, 2.24) is 0 Å². The first kappa shape index (κ1) is 53.4. The average Bonchev–Trinajstić information content (AvgIpc) is 3.17. The van der Waals surface area contributed by atoms with Crippen molar-refractivity contribution in [3.8, 4) is 0 Å². The van der Waals surface area contributed by atoms with Crippen LogP contribution in [0, 0.1) is 11.8 Å². The topological polar surface area (TPSA) is 89.9 Å². The second-order valence-corrected chi connectivity index (χ2v) is 17.0. The minimum absolute atomic E-state index is 0.228. The molecule has 0 saturated heterocycles. The van der Waals surface area contributed by atoms with Gasteiger partial charge in [0.2, 0.25) is 0 Å². The molecule has 0 amide bonds. The zero-order valence-corrected chi connectivity index (χ0v) is 37.1. The van der Waals surface area contributed by atoms with E-state index in [1.165, 1.54) is 193 Å². The van der Waals surface area contributed by atoms with Crippen LogP contribution in [0.2, 0.25) is 0 Å². The van der Waals surface area contributed by atoms with E-state index in [0.29, 0.717) is 19.4 Å². The Hall–Kier alpha value is -1.59. The largest absolute Gasteiger partial charge is 0.481 e. The lowest BCUT2D eigenvalue weighted by molar-refractivity contribution is -0.162. The monoisotopic (exact) mass is 779 g/mol. The Labute approximate surface area is 342 Å². The number of rotatable bonds is 45. The fourth-order valence-electron chi connectivity index (χ4n) is 7.91. The molecule has 0 aliphatic rings. The smallest absolute Gasteiger partial charge is 0.310 e. The predicted octanol–water partition coefficient (Wildman–Crippen LogP) is 15.7. The molecule has 0 aliphatic carbocycles. The Kier molecular flexibility index (Phi) is 42.3. The SMILES string of the molecule is CCCCCCCCCCCCCCCCCCCCOC(=O)CC(C(=O)OCCCCCCCCCCCCCCCCCCCC)C(CCC)C(=O)O. The minimum Gasteiger partial charge on any atom is -0.481 e. The van der Waals surface area contributed by atoms with Crippen molar-refractivity contribution in [2.45, 2.75) is 271 Å². The summed E-state index contributed by atoms with van der Waals surface area (Å²) >= 11 is 0. The van der Waals surface area contributed by atoms with Gasteiger partial charge in [0.05, 0.1) is 31.5 Å². The molecule has 0 aromatic carbocycles. The molecule has 0 saturated carbocycles. The molecule has 0 rings (SSSR count). The first-order valence-electron chi connectivity index (χ1n) is 24.5. The highest BCUT2D eigenvalue weighted by molar-refractivity contribution is 5.85. The number of aliphatic carboxylic acids is 1. The van der Waals surface area contributed by atoms with Crippen molar-refractivity contribution in [1.29, 1.82) is 0 Å². The lowest BCUT2D eigenvalue weighted by atomic mass is 9.86. The maximum atomic E-state index is 13.0. The molecule has 2 atom stereocenters. The summed E-state index contributed by atoms with van der Waals surface area (Å²) in [6.45, 7) is 7.05. The van der Waals surface area contributed by atoms with Gasteiger partial charge in [-0.2, -0.15) is 0 Å². The number of carbonyl (C=O) groups is 3. The van der Waals surface area contributed by atoms with Crippen LogP contribution in [0.25, 0.3) is 0 Å². The van der Waals surface area contributed by atoms with E-state index >= 15 is 0 Å². The van der Waals surface area contributed by atoms with Gasteiger partial charge >= 0.3 is 17.9 Å². The Morgan fingerprint density at radius 1 is 0.364 bits per heavy atom. The zero-order chi connectivity index (χ0) is 40.3. The maximum absolute atomic E-state index is 13.0. The quantitative estimate of drug-likeness (QED) is 0.0489. The number of ether oxygens (including phenoxy) is 2. The van der Waals surface area contributed by atoms with Crippen LogP contribution in [0.3, 0.4) is 0 Å². The van der Waals surface area contributed by atoms with Gasteiger partial charge in [0.25, 0.3) is 0 Å². The highest BCUT2D eigenvalue weighted by Crippen LogP contribution is 2.25. The molecule has 0 aliphatic heterocycles. The molecule has 0 spiro atoms. The van der Waals surface area contributed by atoms with Crippen LogP contribution in [-0.4, -0.2) is 36.2 Å². The van der Waals surface area contributed by atoms with E-state index in [1.807, 2.05) is 6.92 Å². The Bertz CT molecular complexity index is 828. The van der Waals surface area contributed by atoms with Crippen molar-refractivity contribution in [2.75, 3.05) is 13.2 Å². The molecule has 0 aromatic heterocycles. The molecule has 0 bridgehead atoms. The van der Waals surface area contributed by atoms with Crippen molar-refractivity contribution in [2.24, 2.45) is 11.8 Å². The van der Waals surface area contributed by atoms with E-state index in [0.717, 1.165) is 38.5 Å². The van der Waals surface area contributed by atoms with Crippen molar-refractivity contribution < 1.29 is 29.0 Å². The number of hydrogen-bond donors (Lipinski definition) is 1. The number of carboxylic acids is 1. The van der Waals surface area contributed by atoms with Crippen molar-refractivity contribution in [3.05, 3.63) is 0 Å². The summed E-state index contributed by atoms with van der Waals surface area (Å²) < 4.78 is 11.0. The summed E-state index contributed by atoms with van der Waals surface area (Å²) in [4.78, 5) is 37.8. The second kappa shape index (κ2) is 43.5. The van der Waals surface area contributed by atoms with Gasteiger partial charge in [-0.15, -0.1) is 0 Å². The van der Waals surface area contributed by atoms with E-state index in [-0.39, 0.29) is 13.0 Å². The second-order valence-electron chi connectivity index (χ2n) is 17.0. The van der Waals surface area contributed by atoms with E-state index in [9.17, 15) is 19.5 Å². The molecular formula is C49H94O6. The van der Waals surface area contributed by atoms with Gasteiger partial charge in [-0.3, -0.25) is 14.4 Å². The number of carboxylic acid groups (broad SMARTS) is 1. The molecule has 55 heavy (non-hydrogen) atoms. The van der Waals surface area contributed by atoms with E-state index < -0.39 is 29.7 Å². The Morgan fingerprint density at radius 2 is 0.636 bits per heavy atom. The lowest BCUT2D eigenvalue weighted by Gasteiger charge is -2.21. The van der Waals surface area contributed by atoms with Crippen LogP contribution in [0.15, 0.2) is 0 Å². The Balaban J connectivity index is 3.94. The van der Waals surface area contributed by atoms with Crippen LogP contribution < -0.4 is 0 Å². The standard InChI is InChI=1S/C49H94O6/c1-4-7-9-11-13-15-17-19-21-23-25-27-29-31-33-35-37-39-42-54-47(50)44-46(45(41-6-3)48(51)52)49(53)55-43-40-38-36-34-32-30-28-26-24-22-20-18-16-14-12-10-8-5-2/h45-46H,4-44H2,1-3H3,(H,51,52). The summed E-state index contributed by atoms with van der Waals surface area (Å²) in [5.41, 5.74) is 0. The molecule has 0 fully saturated rings. The molecule has 6 nitrogen and oxygen atoms in total. The zero-order valence-electron chi connectivity index (χ0n) is 37.1. The minimum atomic E-state index is -1.05. The van der Waals surface area contributed by atoms with Gasteiger partial charge in [0.15, 0.2) is 0 Å². The highest BCUT2D eigenvalue weighted by atomic mass is 16.5. The fourth-order valence-corrected chi connectivity index (χ4v) is 7.91.